The van der Waals surface area contributed by atoms with Gasteiger partial charge in [-0.25, -0.2) is 9.50 Å². The third-order valence-electron chi connectivity index (χ3n) is 4.83. The van der Waals surface area contributed by atoms with Crippen LogP contribution in [0.4, 0.5) is 5.82 Å². The highest BCUT2D eigenvalue weighted by atomic mass is 35.5. The molecule has 1 saturated heterocycles. The summed E-state index contributed by atoms with van der Waals surface area (Å²) in [7, 11) is 0. The van der Waals surface area contributed by atoms with Crippen LogP contribution in [0.1, 0.15) is 29.4 Å². The first-order chi connectivity index (χ1) is 14.0. The SMILES string of the molecule is C/C=C/c1cnc2ccc(N3CC[C@H](NC(=O)c4cc(Cl)cc(Cl)c4O)C3)nn12. The van der Waals surface area contributed by atoms with Crippen LogP contribution in [-0.4, -0.2) is 44.7 Å². The molecule has 29 heavy (non-hydrogen) atoms. The Morgan fingerprint density at radius 2 is 2.17 bits per heavy atom. The lowest BCUT2D eigenvalue weighted by Gasteiger charge is -2.18. The number of benzene rings is 1. The van der Waals surface area contributed by atoms with E-state index >= 15 is 0 Å². The summed E-state index contributed by atoms with van der Waals surface area (Å²) in [5, 5.41) is 18.0. The first kappa shape index (κ1) is 19.5. The number of halogens is 2. The molecule has 1 aromatic carbocycles. The molecule has 0 radical (unpaired) electrons. The van der Waals surface area contributed by atoms with Gasteiger partial charge < -0.3 is 15.3 Å². The summed E-state index contributed by atoms with van der Waals surface area (Å²) in [6.45, 7) is 3.30. The number of nitrogens with one attached hydrogen (secondary N) is 1. The van der Waals surface area contributed by atoms with Gasteiger partial charge in [-0.05, 0) is 43.7 Å². The van der Waals surface area contributed by atoms with E-state index in [1.165, 1.54) is 12.1 Å². The van der Waals surface area contributed by atoms with Crippen molar-refractivity contribution in [2.24, 2.45) is 0 Å². The lowest BCUT2D eigenvalue weighted by molar-refractivity contribution is 0.0937. The fourth-order valence-electron chi connectivity index (χ4n) is 3.42. The van der Waals surface area contributed by atoms with Crippen LogP contribution >= 0.6 is 23.2 Å². The smallest absolute Gasteiger partial charge is 0.255 e. The highest BCUT2D eigenvalue weighted by Gasteiger charge is 2.27. The number of aromatic hydroxyl groups is 1. The largest absolute Gasteiger partial charge is 0.506 e. The number of aromatic nitrogens is 3. The van der Waals surface area contributed by atoms with E-state index < -0.39 is 5.91 Å². The minimum Gasteiger partial charge on any atom is -0.506 e. The second-order valence-electron chi connectivity index (χ2n) is 6.83. The molecular formula is C20H19Cl2N5O2. The van der Waals surface area contributed by atoms with E-state index in [9.17, 15) is 9.90 Å². The first-order valence-electron chi connectivity index (χ1n) is 9.17. The molecule has 1 aliphatic heterocycles. The summed E-state index contributed by atoms with van der Waals surface area (Å²) in [5.74, 6) is 0.131. The van der Waals surface area contributed by atoms with Gasteiger partial charge in [0.2, 0.25) is 0 Å². The average molecular weight is 432 g/mol. The molecule has 4 rings (SSSR count). The molecule has 3 heterocycles. The molecule has 150 valence electrons. The van der Waals surface area contributed by atoms with Gasteiger partial charge in [-0.2, -0.15) is 0 Å². The van der Waals surface area contributed by atoms with Crippen molar-refractivity contribution in [3.05, 3.63) is 57.8 Å². The van der Waals surface area contributed by atoms with Crippen molar-refractivity contribution in [2.45, 2.75) is 19.4 Å². The Bertz CT molecular complexity index is 1110. The monoisotopic (exact) mass is 431 g/mol. The third kappa shape index (κ3) is 3.88. The molecule has 2 aromatic heterocycles. The minimum atomic E-state index is -0.410. The van der Waals surface area contributed by atoms with Crippen molar-refractivity contribution >= 4 is 46.7 Å². The van der Waals surface area contributed by atoms with Crippen molar-refractivity contribution in [3.8, 4) is 5.75 Å². The maximum atomic E-state index is 12.6. The van der Waals surface area contributed by atoms with Gasteiger partial charge >= 0.3 is 0 Å². The number of amides is 1. The van der Waals surface area contributed by atoms with Crippen LogP contribution in [0.25, 0.3) is 11.7 Å². The fraction of sp³-hybridized carbons (Fsp3) is 0.250. The number of carbonyl (C=O) groups excluding carboxylic acids is 1. The summed E-state index contributed by atoms with van der Waals surface area (Å²) in [6, 6.07) is 6.56. The molecule has 1 aliphatic rings. The summed E-state index contributed by atoms with van der Waals surface area (Å²) in [4.78, 5) is 19.0. The molecule has 0 aliphatic carbocycles. The van der Waals surface area contributed by atoms with Gasteiger partial charge in [0, 0.05) is 24.2 Å². The molecule has 0 unspecified atom stereocenters. The van der Waals surface area contributed by atoms with Crippen LogP contribution in [0.15, 0.2) is 36.5 Å². The van der Waals surface area contributed by atoms with Gasteiger partial charge in [-0.15, -0.1) is 5.10 Å². The predicted molar refractivity (Wildman–Crippen MR) is 114 cm³/mol. The molecule has 1 fully saturated rings. The Balaban J connectivity index is 1.49. The Labute approximate surface area is 177 Å². The van der Waals surface area contributed by atoms with Gasteiger partial charge in [0.1, 0.15) is 11.6 Å². The molecule has 0 saturated carbocycles. The van der Waals surface area contributed by atoms with E-state index in [0.717, 1.165) is 30.1 Å². The van der Waals surface area contributed by atoms with E-state index in [0.29, 0.717) is 11.6 Å². The van der Waals surface area contributed by atoms with Crippen LogP contribution in [0.5, 0.6) is 5.75 Å². The lowest BCUT2D eigenvalue weighted by Crippen LogP contribution is -2.37. The number of hydrogen-bond acceptors (Lipinski definition) is 5. The van der Waals surface area contributed by atoms with Gasteiger partial charge in [-0.3, -0.25) is 4.79 Å². The number of imidazole rings is 1. The van der Waals surface area contributed by atoms with Crippen molar-refractivity contribution in [1.82, 2.24) is 19.9 Å². The number of nitrogens with zero attached hydrogens (tertiary/aromatic N) is 4. The number of phenolic OH excluding ortho intramolecular Hbond substituents is 1. The van der Waals surface area contributed by atoms with E-state index in [2.05, 4.69) is 20.3 Å². The summed E-state index contributed by atoms with van der Waals surface area (Å²) in [6.07, 6.45) is 6.43. The minimum absolute atomic E-state index is 0.0467. The fourth-order valence-corrected chi connectivity index (χ4v) is 3.92. The summed E-state index contributed by atoms with van der Waals surface area (Å²) >= 11 is 11.9. The number of rotatable bonds is 4. The molecule has 1 atom stereocenters. The molecule has 0 bridgehead atoms. The van der Waals surface area contributed by atoms with Crippen LogP contribution in [0.2, 0.25) is 10.0 Å². The van der Waals surface area contributed by atoms with Crippen molar-refractivity contribution in [3.63, 3.8) is 0 Å². The van der Waals surface area contributed by atoms with Gasteiger partial charge in [-0.1, -0.05) is 29.3 Å². The summed E-state index contributed by atoms with van der Waals surface area (Å²) in [5.41, 5.74) is 1.75. The maximum Gasteiger partial charge on any atom is 0.255 e. The highest BCUT2D eigenvalue weighted by molar-refractivity contribution is 6.36. The molecule has 1 amide bonds. The van der Waals surface area contributed by atoms with Crippen molar-refractivity contribution < 1.29 is 9.90 Å². The second kappa shape index (κ2) is 7.93. The normalized spacial score (nSPS) is 16.8. The molecule has 0 spiro atoms. The zero-order valence-electron chi connectivity index (χ0n) is 15.6. The zero-order valence-corrected chi connectivity index (χ0v) is 17.2. The van der Waals surface area contributed by atoms with E-state index in [-0.39, 0.29) is 22.4 Å². The summed E-state index contributed by atoms with van der Waals surface area (Å²) < 4.78 is 1.80. The number of carbonyl (C=O) groups is 1. The number of anilines is 1. The number of phenols is 1. The molecule has 2 N–H and O–H groups in total. The first-order valence-corrected chi connectivity index (χ1v) is 9.93. The van der Waals surface area contributed by atoms with Crippen LogP contribution in [-0.2, 0) is 0 Å². The van der Waals surface area contributed by atoms with Crippen LogP contribution in [0.3, 0.4) is 0 Å². The zero-order chi connectivity index (χ0) is 20.5. The van der Waals surface area contributed by atoms with Crippen LogP contribution < -0.4 is 10.2 Å². The molecule has 9 heteroatoms. The second-order valence-corrected chi connectivity index (χ2v) is 7.68. The maximum absolute atomic E-state index is 12.6. The van der Waals surface area contributed by atoms with Gasteiger partial charge in [0.05, 0.1) is 22.5 Å². The Morgan fingerprint density at radius 1 is 1.34 bits per heavy atom. The standard InChI is InChI=1S/C20H19Cl2N5O2/c1-2-3-14-10-23-17-4-5-18(25-27(14)17)26-7-6-13(11-26)24-20(29)15-8-12(21)9-16(22)19(15)28/h2-5,8-10,13,28H,6-7,11H2,1H3,(H,24,29)/b3-2+/t13-/m0/s1. The highest BCUT2D eigenvalue weighted by Crippen LogP contribution is 2.31. The average Bonchev–Trinajstić information content (AvgIpc) is 3.32. The van der Waals surface area contributed by atoms with Crippen molar-refractivity contribution in [2.75, 3.05) is 18.0 Å². The van der Waals surface area contributed by atoms with Gasteiger partial charge in [0.25, 0.3) is 5.91 Å². The predicted octanol–water partition coefficient (Wildman–Crippen LogP) is 3.78. The Hall–Kier alpha value is -2.77. The number of hydrogen-bond donors (Lipinski definition) is 2. The molecular weight excluding hydrogens is 413 g/mol. The van der Waals surface area contributed by atoms with E-state index in [1.54, 1.807) is 10.7 Å². The van der Waals surface area contributed by atoms with Crippen molar-refractivity contribution in [1.29, 1.82) is 0 Å². The number of fused-ring (bicyclic) bond motifs is 1. The topological polar surface area (TPSA) is 82.8 Å². The van der Waals surface area contributed by atoms with E-state index in [4.69, 9.17) is 23.2 Å². The quantitative estimate of drug-likeness (QED) is 0.656. The lowest BCUT2D eigenvalue weighted by atomic mass is 10.1. The van der Waals surface area contributed by atoms with E-state index in [1.807, 2.05) is 31.2 Å². The molecule has 7 nitrogen and oxygen atoms in total. The number of allylic oxidation sites excluding steroid dienone is 1. The third-order valence-corrected chi connectivity index (χ3v) is 5.34. The Kier molecular flexibility index (Phi) is 5.34. The molecule has 3 aromatic rings. The van der Waals surface area contributed by atoms with Crippen LogP contribution in [0, 0.1) is 0 Å². The van der Waals surface area contributed by atoms with Gasteiger partial charge in [0.15, 0.2) is 5.65 Å². The Morgan fingerprint density at radius 3 is 2.97 bits per heavy atom.